The van der Waals surface area contributed by atoms with Crippen molar-refractivity contribution in [2.45, 2.75) is 51.4 Å². The van der Waals surface area contributed by atoms with Gasteiger partial charge >= 0.3 is 0 Å². The molecule has 4 unspecified atom stereocenters. The second-order valence-electron chi connectivity index (χ2n) is 8.81. The molecule has 2 aromatic carbocycles. The Morgan fingerprint density at radius 3 is 2.40 bits per heavy atom. The van der Waals surface area contributed by atoms with Crippen molar-refractivity contribution in [1.29, 1.82) is 0 Å². The van der Waals surface area contributed by atoms with Crippen molar-refractivity contribution >= 4 is 0 Å². The first-order chi connectivity index (χ1) is 14.5. The van der Waals surface area contributed by atoms with E-state index in [4.69, 9.17) is 4.74 Å². The monoisotopic (exact) mass is 414 g/mol. The molecular weight excluding hydrogens is 385 g/mol. The third-order valence-corrected chi connectivity index (χ3v) is 7.14. The van der Waals surface area contributed by atoms with E-state index >= 15 is 4.39 Å². The van der Waals surface area contributed by atoms with Gasteiger partial charge in [0.1, 0.15) is 5.82 Å². The minimum atomic E-state index is -1.05. The number of hydrogen-bond donors (Lipinski definition) is 0. The van der Waals surface area contributed by atoms with Crippen molar-refractivity contribution in [3.63, 3.8) is 0 Å². The quantitative estimate of drug-likeness (QED) is 0.467. The Morgan fingerprint density at radius 1 is 0.900 bits per heavy atom. The Labute approximate surface area is 177 Å². The zero-order valence-electron chi connectivity index (χ0n) is 17.6. The summed E-state index contributed by atoms with van der Waals surface area (Å²) in [5, 5.41) is 0. The highest BCUT2D eigenvalue weighted by atomic mass is 19.2. The van der Waals surface area contributed by atoms with Crippen LogP contribution in [0.5, 0.6) is 5.75 Å². The Morgan fingerprint density at radius 2 is 1.67 bits per heavy atom. The number of allylic oxidation sites excluding steroid dienone is 2. The summed E-state index contributed by atoms with van der Waals surface area (Å²) in [6, 6.07) is 7.61. The van der Waals surface area contributed by atoms with Gasteiger partial charge in [-0.25, -0.2) is 8.78 Å². The molecule has 0 spiro atoms. The van der Waals surface area contributed by atoms with Crippen LogP contribution < -0.4 is 4.74 Å². The molecule has 160 valence electrons. The van der Waals surface area contributed by atoms with E-state index in [0.717, 1.165) is 25.2 Å². The Kier molecular flexibility index (Phi) is 6.21. The highest BCUT2D eigenvalue weighted by Gasteiger charge is 2.36. The minimum Gasteiger partial charge on any atom is -0.494 e. The van der Waals surface area contributed by atoms with Crippen LogP contribution in [0, 0.1) is 35.2 Å². The molecule has 0 aliphatic heterocycles. The largest absolute Gasteiger partial charge is 0.494 e. The van der Waals surface area contributed by atoms with Crippen LogP contribution >= 0.6 is 0 Å². The van der Waals surface area contributed by atoms with Crippen LogP contribution in [-0.4, -0.2) is 7.11 Å². The van der Waals surface area contributed by atoms with Crippen molar-refractivity contribution in [2.24, 2.45) is 17.8 Å². The van der Waals surface area contributed by atoms with E-state index in [1.807, 2.05) is 0 Å². The first kappa shape index (κ1) is 21.0. The standard InChI is InChI=1S/C26H29F3O/c1-3-4-16-5-6-18-14-19(8-7-17(18)13-16)21-10-9-20(15-23(21)27)22-11-12-24(30-2)26(29)25(22)28/h3-4,9-12,15-19H,5-8,13-14H2,1-2H3/b4-3+. The first-order valence-corrected chi connectivity index (χ1v) is 11.0. The number of fused-ring (bicyclic) bond motifs is 1. The van der Waals surface area contributed by atoms with Crippen molar-refractivity contribution in [3.05, 3.63) is 65.5 Å². The lowest BCUT2D eigenvalue weighted by molar-refractivity contribution is 0.132. The lowest BCUT2D eigenvalue weighted by Gasteiger charge is -2.42. The van der Waals surface area contributed by atoms with Crippen molar-refractivity contribution < 1.29 is 17.9 Å². The number of methoxy groups -OCH3 is 1. The maximum absolute atomic E-state index is 15.0. The third-order valence-electron chi connectivity index (χ3n) is 7.14. The molecule has 0 radical (unpaired) electrons. The lowest BCUT2D eigenvalue weighted by atomic mass is 9.64. The average Bonchev–Trinajstić information content (AvgIpc) is 2.75. The fourth-order valence-corrected chi connectivity index (χ4v) is 5.59. The van der Waals surface area contributed by atoms with Crippen LogP contribution in [0.3, 0.4) is 0 Å². The zero-order valence-corrected chi connectivity index (χ0v) is 17.6. The fraction of sp³-hybridized carbons (Fsp3) is 0.462. The normalized spacial score (nSPS) is 26.6. The van der Waals surface area contributed by atoms with Gasteiger partial charge in [-0.3, -0.25) is 0 Å². The van der Waals surface area contributed by atoms with Gasteiger partial charge in [0.25, 0.3) is 0 Å². The molecule has 2 aliphatic rings. The highest BCUT2D eigenvalue weighted by molar-refractivity contribution is 5.66. The van der Waals surface area contributed by atoms with Gasteiger partial charge in [-0.2, -0.15) is 4.39 Å². The molecule has 2 aliphatic carbocycles. The first-order valence-electron chi connectivity index (χ1n) is 11.0. The van der Waals surface area contributed by atoms with E-state index in [9.17, 15) is 8.78 Å². The van der Waals surface area contributed by atoms with Crippen LogP contribution in [0.4, 0.5) is 13.2 Å². The maximum atomic E-state index is 15.0. The molecule has 0 heterocycles. The molecule has 2 saturated carbocycles. The molecule has 0 aromatic heterocycles. The predicted octanol–water partition coefficient (Wildman–Crippen LogP) is 7.66. The molecule has 0 saturated heterocycles. The van der Waals surface area contributed by atoms with Crippen LogP contribution in [0.25, 0.3) is 11.1 Å². The lowest BCUT2D eigenvalue weighted by Crippen LogP contribution is -2.30. The Balaban J connectivity index is 1.52. The number of hydrogen-bond acceptors (Lipinski definition) is 1. The molecule has 4 heteroatoms. The summed E-state index contributed by atoms with van der Waals surface area (Å²) in [6.45, 7) is 2.08. The van der Waals surface area contributed by atoms with Crippen LogP contribution in [0.2, 0.25) is 0 Å². The highest BCUT2D eigenvalue weighted by Crippen LogP contribution is 2.48. The molecule has 2 aromatic rings. The SMILES string of the molecule is C/C=C/C1CCC2CC(c3ccc(-c4ccc(OC)c(F)c4F)cc3F)CCC2C1. The second-order valence-corrected chi connectivity index (χ2v) is 8.81. The van der Waals surface area contributed by atoms with Crippen molar-refractivity contribution in [1.82, 2.24) is 0 Å². The number of halogens is 3. The van der Waals surface area contributed by atoms with Gasteiger partial charge in [0.05, 0.1) is 7.11 Å². The molecular formula is C26H29F3O. The van der Waals surface area contributed by atoms with E-state index in [1.165, 1.54) is 44.6 Å². The smallest absolute Gasteiger partial charge is 0.201 e. The Bertz CT molecular complexity index is 936. The number of rotatable bonds is 4. The van der Waals surface area contributed by atoms with Gasteiger partial charge in [0.2, 0.25) is 5.82 Å². The molecule has 4 rings (SSSR count). The summed E-state index contributed by atoms with van der Waals surface area (Å²) in [4.78, 5) is 0. The topological polar surface area (TPSA) is 9.23 Å². The van der Waals surface area contributed by atoms with E-state index in [2.05, 4.69) is 19.1 Å². The minimum absolute atomic E-state index is 0.0461. The van der Waals surface area contributed by atoms with Crippen LogP contribution in [0.15, 0.2) is 42.5 Å². The predicted molar refractivity (Wildman–Crippen MR) is 114 cm³/mol. The van der Waals surface area contributed by atoms with Gasteiger partial charge in [0, 0.05) is 5.56 Å². The number of ether oxygens (including phenoxy) is 1. The summed E-state index contributed by atoms with van der Waals surface area (Å²) in [7, 11) is 1.29. The molecule has 1 nitrogen and oxygen atoms in total. The summed E-state index contributed by atoms with van der Waals surface area (Å²) < 4.78 is 48.3. The summed E-state index contributed by atoms with van der Waals surface area (Å²) in [5.41, 5.74) is 1.10. The van der Waals surface area contributed by atoms with Gasteiger partial charge in [-0.1, -0.05) is 24.3 Å². The van der Waals surface area contributed by atoms with Gasteiger partial charge in [0.15, 0.2) is 11.6 Å². The third kappa shape index (κ3) is 4.01. The molecule has 4 atom stereocenters. The molecule has 0 N–H and O–H groups in total. The van der Waals surface area contributed by atoms with Crippen LogP contribution in [-0.2, 0) is 0 Å². The summed E-state index contributed by atoms with van der Waals surface area (Å²) in [6.07, 6.45) is 11.3. The van der Waals surface area contributed by atoms with E-state index in [0.29, 0.717) is 23.0 Å². The maximum Gasteiger partial charge on any atom is 0.201 e. The molecule has 2 fully saturated rings. The van der Waals surface area contributed by atoms with Gasteiger partial charge in [-0.05, 0) is 98.4 Å². The van der Waals surface area contributed by atoms with Gasteiger partial charge < -0.3 is 4.74 Å². The fourth-order valence-electron chi connectivity index (χ4n) is 5.59. The summed E-state index contributed by atoms with van der Waals surface area (Å²) in [5.74, 6) is -0.235. The van der Waals surface area contributed by atoms with E-state index in [1.54, 1.807) is 12.1 Å². The molecule has 0 amide bonds. The second kappa shape index (κ2) is 8.87. The van der Waals surface area contributed by atoms with Crippen LogP contribution in [0.1, 0.15) is 56.9 Å². The van der Waals surface area contributed by atoms with Crippen molar-refractivity contribution in [3.8, 4) is 16.9 Å². The zero-order chi connectivity index (χ0) is 21.3. The van der Waals surface area contributed by atoms with Crippen molar-refractivity contribution in [2.75, 3.05) is 7.11 Å². The molecule has 0 bridgehead atoms. The Hall–Kier alpha value is -2.23. The summed E-state index contributed by atoms with van der Waals surface area (Å²) >= 11 is 0. The van der Waals surface area contributed by atoms with E-state index in [-0.39, 0.29) is 23.0 Å². The average molecular weight is 415 g/mol. The number of benzene rings is 2. The van der Waals surface area contributed by atoms with E-state index < -0.39 is 11.6 Å². The van der Waals surface area contributed by atoms with Gasteiger partial charge in [-0.15, -0.1) is 0 Å². The molecule has 30 heavy (non-hydrogen) atoms.